The first kappa shape index (κ1) is 10.4. The van der Waals surface area contributed by atoms with Crippen molar-refractivity contribution < 1.29 is 9.59 Å². The summed E-state index contributed by atoms with van der Waals surface area (Å²) in [4.78, 5) is 23.1. The first-order valence-corrected chi connectivity index (χ1v) is 4.87. The smallest absolute Gasteiger partial charge is 0.204 e. The number of hydrogen-bond acceptors (Lipinski definition) is 2. The molecule has 74 valence electrons. The number of carbonyl (C=O) groups excluding carboxylic acids is 2. The van der Waals surface area contributed by atoms with Gasteiger partial charge in [0, 0.05) is 11.8 Å². The number of hydrogen-bond donors (Lipinski definition) is 0. The van der Waals surface area contributed by atoms with Crippen LogP contribution in [0, 0.1) is 10.8 Å². The van der Waals surface area contributed by atoms with Gasteiger partial charge < -0.3 is 0 Å². The zero-order valence-corrected chi connectivity index (χ0v) is 8.94. The van der Waals surface area contributed by atoms with Gasteiger partial charge >= 0.3 is 0 Å². The number of rotatable bonds is 0. The van der Waals surface area contributed by atoms with Gasteiger partial charge in [-0.15, -0.1) is 0 Å². The topological polar surface area (TPSA) is 34.1 Å². The molecule has 1 saturated carbocycles. The third kappa shape index (κ3) is 1.54. The summed E-state index contributed by atoms with van der Waals surface area (Å²) in [5.41, 5.74) is -0.559. The Kier molecular flexibility index (Phi) is 2.35. The number of carbonyl (C=O) groups is 2. The van der Waals surface area contributed by atoms with Crippen LogP contribution in [0.4, 0.5) is 0 Å². The molecule has 1 rings (SSSR count). The summed E-state index contributed by atoms with van der Waals surface area (Å²) in [5.74, 6) is -0.370. The lowest BCUT2D eigenvalue weighted by Crippen LogP contribution is -2.41. The Morgan fingerprint density at radius 3 is 2.15 bits per heavy atom. The van der Waals surface area contributed by atoms with Crippen LogP contribution in [0.3, 0.4) is 0 Å². The zero-order valence-electron chi connectivity index (χ0n) is 8.94. The largest absolute Gasteiger partial charge is 0.291 e. The van der Waals surface area contributed by atoms with Gasteiger partial charge in [0.25, 0.3) is 0 Å². The second-order valence-electron chi connectivity index (χ2n) is 5.11. The number of Topliss-reactive ketones (excluding diaryl/α,β-unsaturated/α-hetero) is 2. The molecule has 0 unspecified atom stereocenters. The molecule has 2 heteroatoms. The molecule has 0 N–H and O–H groups in total. The van der Waals surface area contributed by atoms with Crippen molar-refractivity contribution in [1.82, 2.24) is 0 Å². The Morgan fingerprint density at radius 2 is 1.62 bits per heavy atom. The van der Waals surface area contributed by atoms with Gasteiger partial charge in [-0.1, -0.05) is 27.7 Å². The highest BCUT2D eigenvalue weighted by Crippen LogP contribution is 2.45. The van der Waals surface area contributed by atoms with Crippen LogP contribution < -0.4 is 0 Å². The Morgan fingerprint density at radius 1 is 1.08 bits per heavy atom. The van der Waals surface area contributed by atoms with Crippen molar-refractivity contribution in [3.05, 3.63) is 0 Å². The normalized spacial score (nSPS) is 27.1. The summed E-state index contributed by atoms with van der Waals surface area (Å²) in [6.07, 6.45) is 2.24. The Labute approximate surface area is 79.7 Å². The van der Waals surface area contributed by atoms with E-state index in [0.29, 0.717) is 6.42 Å². The van der Waals surface area contributed by atoms with Crippen LogP contribution in [0.25, 0.3) is 0 Å². The van der Waals surface area contributed by atoms with Crippen molar-refractivity contribution in [1.29, 1.82) is 0 Å². The fraction of sp³-hybridized carbons (Fsp3) is 0.818. The third-order valence-electron chi connectivity index (χ3n) is 3.72. The van der Waals surface area contributed by atoms with Gasteiger partial charge in [-0.25, -0.2) is 0 Å². The van der Waals surface area contributed by atoms with Crippen LogP contribution in [0.15, 0.2) is 0 Å². The summed E-state index contributed by atoms with van der Waals surface area (Å²) in [6, 6.07) is 0. The van der Waals surface area contributed by atoms with Crippen molar-refractivity contribution >= 4 is 11.6 Å². The average Bonchev–Trinajstić information content (AvgIpc) is 2.05. The van der Waals surface area contributed by atoms with E-state index >= 15 is 0 Å². The first-order chi connectivity index (χ1) is 5.79. The Hall–Kier alpha value is -0.660. The molecule has 13 heavy (non-hydrogen) atoms. The summed E-state index contributed by atoms with van der Waals surface area (Å²) < 4.78 is 0. The molecule has 0 radical (unpaired) electrons. The quantitative estimate of drug-likeness (QED) is 0.425. The van der Waals surface area contributed by atoms with Gasteiger partial charge in [-0.3, -0.25) is 9.59 Å². The number of ketones is 2. The van der Waals surface area contributed by atoms with Crippen molar-refractivity contribution in [3.63, 3.8) is 0 Å². The van der Waals surface area contributed by atoms with E-state index < -0.39 is 5.41 Å². The second kappa shape index (κ2) is 2.93. The summed E-state index contributed by atoms with van der Waals surface area (Å²) in [7, 11) is 0. The minimum absolute atomic E-state index is 0.0593. The van der Waals surface area contributed by atoms with E-state index in [2.05, 4.69) is 13.8 Å². The van der Waals surface area contributed by atoms with Gasteiger partial charge in [0.1, 0.15) is 0 Å². The summed E-state index contributed by atoms with van der Waals surface area (Å²) in [5, 5.41) is 0. The molecule has 0 aromatic carbocycles. The minimum Gasteiger partial charge on any atom is -0.291 e. The highest BCUT2D eigenvalue weighted by atomic mass is 16.2. The van der Waals surface area contributed by atoms with Crippen molar-refractivity contribution in [2.24, 2.45) is 10.8 Å². The molecule has 0 atom stereocenters. The highest BCUT2D eigenvalue weighted by molar-refractivity contribution is 6.39. The SMILES string of the molecule is CC1(C)CCCC(=O)C(=O)C1(C)C. The monoisotopic (exact) mass is 182 g/mol. The van der Waals surface area contributed by atoms with Gasteiger partial charge in [0.05, 0.1) is 0 Å². The van der Waals surface area contributed by atoms with Crippen LogP contribution in [0.5, 0.6) is 0 Å². The van der Waals surface area contributed by atoms with E-state index in [4.69, 9.17) is 0 Å². The molecule has 0 spiro atoms. The maximum Gasteiger partial charge on any atom is 0.204 e. The Balaban J connectivity index is 3.08. The molecule has 2 nitrogen and oxygen atoms in total. The molecule has 1 fully saturated rings. The first-order valence-electron chi connectivity index (χ1n) is 4.87. The van der Waals surface area contributed by atoms with E-state index in [-0.39, 0.29) is 17.0 Å². The zero-order chi connectivity index (χ0) is 10.3. The maximum atomic E-state index is 11.7. The van der Waals surface area contributed by atoms with E-state index in [1.165, 1.54) is 0 Å². The average molecular weight is 182 g/mol. The predicted octanol–water partition coefficient (Wildman–Crippen LogP) is 2.36. The van der Waals surface area contributed by atoms with Gasteiger partial charge in [0.2, 0.25) is 5.78 Å². The highest BCUT2D eigenvalue weighted by Gasteiger charge is 2.46. The maximum absolute atomic E-state index is 11.7. The Bertz CT molecular complexity index is 249. The van der Waals surface area contributed by atoms with Crippen LogP contribution in [0.2, 0.25) is 0 Å². The van der Waals surface area contributed by atoms with E-state index in [1.807, 2.05) is 13.8 Å². The van der Waals surface area contributed by atoms with Crippen molar-refractivity contribution in [3.8, 4) is 0 Å². The minimum atomic E-state index is -0.499. The molecule has 1 aliphatic carbocycles. The fourth-order valence-electron chi connectivity index (χ4n) is 1.77. The van der Waals surface area contributed by atoms with E-state index in [9.17, 15) is 9.59 Å². The standard InChI is InChI=1S/C11H18O2/c1-10(2)7-5-6-8(12)9(13)11(10,3)4/h5-7H2,1-4H3. The molecule has 0 saturated heterocycles. The lowest BCUT2D eigenvalue weighted by atomic mass is 9.64. The molecule has 0 aliphatic heterocycles. The molecule has 0 aromatic heterocycles. The third-order valence-corrected chi connectivity index (χ3v) is 3.72. The van der Waals surface area contributed by atoms with E-state index in [1.54, 1.807) is 0 Å². The van der Waals surface area contributed by atoms with Crippen LogP contribution in [-0.4, -0.2) is 11.6 Å². The molecule has 0 bridgehead atoms. The lowest BCUT2D eigenvalue weighted by molar-refractivity contribution is -0.144. The fourth-order valence-corrected chi connectivity index (χ4v) is 1.77. The van der Waals surface area contributed by atoms with Crippen LogP contribution in [0.1, 0.15) is 47.0 Å². The molecule has 0 heterocycles. The molecule has 1 aliphatic rings. The van der Waals surface area contributed by atoms with Gasteiger partial charge in [0.15, 0.2) is 5.78 Å². The van der Waals surface area contributed by atoms with Crippen LogP contribution >= 0.6 is 0 Å². The molecule has 0 amide bonds. The predicted molar refractivity (Wildman–Crippen MR) is 51.4 cm³/mol. The van der Waals surface area contributed by atoms with Crippen LogP contribution in [-0.2, 0) is 9.59 Å². The summed E-state index contributed by atoms with van der Waals surface area (Å²) in [6.45, 7) is 7.92. The molecular formula is C11H18O2. The van der Waals surface area contributed by atoms with Crippen molar-refractivity contribution in [2.75, 3.05) is 0 Å². The van der Waals surface area contributed by atoms with Crippen molar-refractivity contribution in [2.45, 2.75) is 47.0 Å². The second-order valence-corrected chi connectivity index (χ2v) is 5.11. The molecular weight excluding hydrogens is 164 g/mol. The van der Waals surface area contributed by atoms with Gasteiger partial charge in [-0.2, -0.15) is 0 Å². The van der Waals surface area contributed by atoms with E-state index in [0.717, 1.165) is 12.8 Å². The van der Waals surface area contributed by atoms with Gasteiger partial charge in [-0.05, 0) is 18.3 Å². The molecule has 0 aromatic rings. The summed E-state index contributed by atoms with van der Waals surface area (Å²) >= 11 is 0. The lowest BCUT2D eigenvalue weighted by Gasteiger charge is -2.38.